The summed E-state index contributed by atoms with van der Waals surface area (Å²) in [5, 5.41) is 0.489. The number of likely N-dealkylation sites (N-methyl/N-ethyl adjacent to an activating group) is 1. The Balaban J connectivity index is 1.70. The second-order valence-electron chi connectivity index (χ2n) is 7.08. The number of fused-ring (bicyclic) bond motifs is 1. The van der Waals surface area contributed by atoms with Crippen LogP contribution in [-0.2, 0) is 11.3 Å². The summed E-state index contributed by atoms with van der Waals surface area (Å²) in [5.41, 5.74) is 1.29. The van der Waals surface area contributed by atoms with E-state index in [1.54, 1.807) is 17.0 Å². The van der Waals surface area contributed by atoms with Crippen molar-refractivity contribution in [2.24, 2.45) is 0 Å². The number of aromatic nitrogens is 2. The van der Waals surface area contributed by atoms with Crippen LogP contribution in [0.25, 0.3) is 21.3 Å². The zero-order valence-corrected chi connectivity index (χ0v) is 16.6. The maximum absolute atomic E-state index is 13.3. The molecule has 2 aromatic heterocycles. The molecule has 0 bridgehead atoms. The molecule has 0 spiro atoms. The number of hydrogen-bond donors (Lipinski definition) is 0. The van der Waals surface area contributed by atoms with Crippen LogP contribution < -0.4 is 5.56 Å². The van der Waals surface area contributed by atoms with E-state index in [2.05, 4.69) is 9.88 Å². The number of benzene rings is 1. The number of aryl methyl sites for hydroxylation is 1. The lowest BCUT2D eigenvalue weighted by molar-refractivity contribution is -0.133. The SMILES string of the molecule is Cc1sc2ncn(CC(=O)N3CCN(C)CC3)c(=O)c2c1-c1ccc(F)cc1. The smallest absolute Gasteiger partial charge is 0.263 e. The summed E-state index contributed by atoms with van der Waals surface area (Å²) >= 11 is 1.43. The van der Waals surface area contributed by atoms with Gasteiger partial charge in [-0.2, -0.15) is 0 Å². The van der Waals surface area contributed by atoms with Crippen LogP contribution in [0.2, 0.25) is 0 Å². The fourth-order valence-corrected chi connectivity index (χ4v) is 4.52. The summed E-state index contributed by atoms with van der Waals surface area (Å²) in [4.78, 5) is 35.7. The third-order valence-electron chi connectivity index (χ3n) is 5.15. The fraction of sp³-hybridized carbons (Fsp3) is 0.350. The lowest BCUT2D eigenvalue weighted by atomic mass is 10.0. The number of rotatable bonds is 3. The predicted molar refractivity (Wildman–Crippen MR) is 108 cm³/mol. The van der Waals surface area contributed by atoms with Crippen LogP contribution in [0.1, 0.15) is 4.88 Å². The van der Waals surface area contributed by atoms with Crippen LogP contribution in [-0.4, -0.2) is 58.5 Å². The highest BCUT2D eigenvalue weighted by molar-refractivity contribution is 7.19. The summed E-state index contributed by atoms with van der Waals surface area (Å²) in [6.45, 7) is 4.89. The Hall–Kier alpha value is -2.58. The molecule has 0 atom stereocenters. The molecule has 146 valence electrons. The Labute approximate surface area is 165 Å². The largest absolute Gasteiger partial charge is 0.339 e. The third kappa shape index (κ3) is 3.45. The molecule has 0 radical (unpaired) electrons. The van der Waals surface area contributed by atoms with E-state index in [0.717, 1.165) is 29.1 Å². The van der Waals surface area contributed by atoms with Crippen LogP contribution in [0.4, 0.5) is 4.39 Å². The number of hydrogen-bond acceptors (Lipinski definition) is 5. The Morgan fingerprint density at radius 1 is 1.18 bits per heavy atom. The van der Waals surface area contributed by atoms with Gasteiger partial charge in [-0.15, -0.1) is 11.3 Å². The Bertz CT molecular complexity index is 1080. The average molecular weight is 400 g/mol. The Kier molecular flexibility index (Phi) is 4.99. The average Bonchev–Trinajstić information content (AvgIpc) is 3.02. The molecule has 1 saturated heterocycles. The Morgan fingerprint density at radius 3 is 2.54 bits per heavy atom. The van der Waals surface area contributed by atoms with Crippen molar-refractivity contribution < 1.29 is 9.18 Å². The van der Waals surface area contributed by atoms with Gasteiger partial charge >= 0.3 is 0 Å². The summed E-state index contributed by atoms with van der Waals surface area (Å²) < 4.78 is 14.7. The van der Waals surface area contributed by atoms with Gasteiger partial charge in [-0.3, -0.25) is 14.2 Å². The minimum Gasteiger partial charge on any atom is -0.339 e. The van der Waals surface area contributed by atoms with Crippen molar-refractivity contribution in [3.63, 3.8) is 0 Å². The highest BCUT2D eigenvalue weighted by Gasteiger charge is 2.21. The molecule has 1 amide bonds. The third-order valence-corrected chi connectivity index (χ3v) is 6.16. The molecular weight excluding hydrogens is 379 g/mol. The second kappa shape index (κ2) is 7.44. The first-order valence-corrected chi connectivity index (χ1v) is 9.96. The first kappa shape index (κ1) is 18.8. The maximum Gasteiger partial charge on any atom is 0.263 e. The number of thiophene rings is 1. The minimum atomic E-state index is -0.325. The molecule has 0 N–H and O–H groups in total. The molecule has 8 heteroatoms. The number of piperazine rings is 1. The van der Waals surface area contributed by atoms with Crippen molar-refractivity contribution in [3.8, 4) is 11.1 Å². The number of carbonyl (C=O) groups is 1. The van der Waals surface area contributed by atoms with Crippen LogP contribution in [0.3, 0.4) is 0 Å². The monoisotopic (exact) mass is 400 g/mol. The van der Waals surface area contributed by atoms with Crippen molar-refractivity contribution in [1.82, 2.24) is 19.4 Å². The van der Waals surface area contributed by atoms with Crippen molar-refractivity contribution in [2.75, 3.05) is 33.2 Å². The van der Waals surface area contributed by atoms with Gasteiger partial charge in [0.2, 0.25) is 5.91 Å². The second-order valence-corrected chi connectivity index (χ2v) is 8.29. The summed E-state index contributed by atoms with van der Waals surface area (Å²) in [6, 6.07) is 6.08. The molecule has 1 aliphatic heterocycles. The molecular formula is C20H21FN4O2S. The number of halogens is 1. The topological polar surface area (TPSA) is 58.4 Å². The van der Waals surface area contributed by atoms with Gasteiger partial charge in [0.25, 0.3) is 5.56 Å². The van der Waals surface area contributed by atoms with E-state index < -0.39 is 0 Å². The lowest BCUT2D eigenvalue weighted by Crippen LogP contribution is -2.48. The van der Waals surface area contributed by atoms with Crippen LogP contribution in [0, 0.1) is 12.7 Å². The zero-order chi connectivity index (χ0) is 19.8. The number of carbonyl (C=O) groups excluding carboxylic acids is 1. The fourth-order valence-electron chi connectivity index (χ4n) is 3.52. The molecule has 4 rings (SSSR count). The van der Waals surface area contributed by atoms with Gasteiger partial charge in [0.05, 0.1) is 11.7 Å². The molecule has 28 heavy (non-hydrogen) atoms. The van der Waals surface area contributed by atoms with E-state index >= 15 is 0 Å². The molecule has 3 aromatic rings. The highest BCUT2D eigenvalue weighted by atomic mass is 32.1. The molecule has 0 unspecified atom stereocenters. The van der Waals surface area contributed by atoms with Crippen molar-refractivity contribution in [1.29, 1.82) is 0 Å². The van der Waals surface area contributed by atoms with E-state index in [9.17, 15) is 14.0 Å². The van der Waals surface area contributed by atoms with E-state index in [0.29, 0.717) is 23.3 Å². The van der Waals surface area contributed by atoms with Gasteiger partial charge in [-0.1, -0.05) is 12.1 Å². The standard InChI is InChI=1S/C20H21FN4O2S/c1-13-17(14-3-5-15(21)6-4-14)18-19(28-13)22-12-25(20(18)27)11-16(26)24-9-7-23(2)8-10-24/h3-6,12H,7-11H2,1-2H3. The van der Waals surface area contributed by atoms with E-state index in [4.69, 9.17) is 0 Å². The summed E-state index contributed by atoms with van der Waals surface area (Å²) in [7, 11) is 2.03. The zero-order valence-electron chi connectivity index (χ0n) is 15.8. The predicted octanol–water partition coefficient (Wildman–Crippen LogP) is 2.35. The maximum atomic E-state index is 13.3. The molecule has 1 fully saturated rings. The molecule has 1 aliphatic rings. The molecule has 3 heterocycles. The number of nitrogens with zero attached hydrogens (tertiary/aromatic N) is 4. The first-order valence-electron chi connectivity index (χ1n) is 9.15. The van der Waals surface area contributed by atoms with Crippen molar-refractivity contribution in [2.45, 2.75) is 13.5 Å². The van der Waals surface area contributed by atoms with Gasteiger partial charge in [-0.25, -0.2) is 9.37 Å². The van der Waals surface area contributed by atoms with Crippen molar-refractivity contribution >= 4 is 27.5 Å². The van der Waals surface area contributed by atoms with E-state index in [1.807, 2.05) is 14.0 Å². The first-order chi connectivity index (χ1) is 13.4. The van der Waals surface area contributed by atoms with Gasteiger partial charge in [-0.05, 0) is 31.7 Å². The van der Waals surface area contributed by atoms with Crippen molar-refractivity contribution in [3.05, 3.63) is 51.6 Å². The molecule has 0 aliphatic carbocycles. The van der Waals surface area contributed by atoms with Crippen LogP contribution >= 0.6 is 11.3 Å². The number of amides is 1. The van der Waals surface area contributed by atoms with Gasteiger partial charge in [0.1, 0.15) is 17.2 Å². The molecule has 0 saturated carbocycles. The molecule has 6 nitrogen and oxygen atoms in total. The van der Waals surface area contributed by atoms with Gasteiger partial charge in [0.15, 0.2) is 0 Å². The minimum absolute atomic E-state index is 0.0246. The molecule has 1 aromatic carbocycles. The quantitative estimate of drug-likeness (QED) is 0.677. The van der Waals surface area contributed by atoms with E-state index in [1.165, 1.54) is 34.4 Å². The lowest BCUT2D eigenvalue weighted by Gasteiger charge is -2.32. The van der Waals surface area contributed by atoms with E-state index in [-0.39, 0.29) is 23.8 Å². The van der Waals surface area contributed by atoms with Gasteiger partial charge in [0, 0.05) is 36.6 Å². The van der Waals surface area contributed by atoms with Gasteiger partial charge < -0.3 is 9.80 Å². The van der Waals surface area contributed by atoms with Crippen LogP contribution in [0.15, 0.2) is 35.4 Å². The van der Waals surface area contributed by atoms with Crippen LogP contribution in [0.5, 0.6) is 0 Å². The Morgan fingerprint density at radius 2 is 1.86 bits per heavy atom. The normalized spacial score (nSPS) is 15.3. The summed E-state index contributed by atoms with van der Waals surface area (Å²) in [5.74, 6) is -0.402. The highest BCUT2D eigenvalue weighted by Crippen LogP contribution is 2.35. The summed E-state index contributed by atoms with van der Waals surface area (Å²) in [6.07, 6.45) is 1.45.